The highest BCUT2D eigenvalue weighted by molar-refractivity contribution is 5.72. The number of nitrogens with zero attached hydrogens (tertiary/aromatic N) is 1. The molecule has 0 aliphatic carbocycles. The van der Waals surface area contributed by atoms with Gasteiger partial charge in [0.25, 0.3) is 0 Å². The molecule has 1 aromatic heterocycles. The van der Waals surface area contributed by atoms with Crippen molar-refractivity contribution in [3.05, 3.63) is 17.5 Å². The maximum Gasteiger partial charge on any atom is 0.573 e. The van der Waals surface area contributed by atoms with Gasteiger partial charge in [-0.05, 0) is 0 Å². The number of aromatic nitrogens is 1. The number of ether oxygens (including phenoxy) is 3. The summed E-state index contributed by atoms with van der Waals surface area (Å²) in [5.74, 6) is -1.34. The molecule has 0 saturated carbocycles. The standard InChI is InChI=1S/C11H13F3N2O4/c1-18-8-4-9(20-11(12,13)14)6(3-10(17)19-2)16-7(8)5-15/h4H,3,5,15H2,1-2H3. The van der Waals surface area contributed by atoms with Crippen molar-refractivity contribution in [2.45, 2.75) is 19.3 Å². The molecular weight excluding hydrogens is 281 g/mol. The zero-order valence-electron chi connectivity index (χ0n) is 10.8. The molecule has 0 atom stereocenters. The molecule has 0 saturated heterocycles. The van der Waals surface area contributed by atoms with Gasteiger partial charge in [0.15, 0.2) is 5.75 Å². The molecule has 1 rings (SSSR count). The van der Waals surface area contributed by atoms with Crippen LogP contribution in [0.3, 0.4) is 0 Å². The van der Waals surface area contributed by atoms with Crippen LogP contribution < -0.4 is 15.2 Å². The molecule has 0 aliphatic rings. The van der Waals surface area contributed by atoms with Gasteiger partial charge in [0.1, 0.15) is 5.75 Å². The van der Waals surface area contributed by atoms with E-state index in [1.807, 2.05) is 0 Å². The Labute approximate surface area is 112 Å². The fourth-order valence-corrected chi connectivity index (χ4v) is 1.43. The third-order valence-electron chi connectivity index (χ3n) is 2.28. The Bertz CT molecular complexity index is 491. The topological polar surface area (TPSA) is 83.7 Å². The smallest absolute Gasteiger partial charge is 0.495 e. The molecule has 6 nitrogen and oxygen atoms in total. The van der Waals surface area contributed by atoms with Crippen LogP contribution in [0.4, 0.5) is 13.2 Å². The van der Waals surface area contributed by atoms with Gasteiger partial charge in [-0.15, -0.1) is 13.2 Å². The molecule has 1 aromatic rings. The van der Waals surface area contributed by atoms with E-state index in [0.717, 1.165) is 13.2 Å². The van der Waals surface area contributed by atoms with Gasteiger partial charge in [-0.1, -0.05) is 0 Å². The van der Waals surface area contributed by atoms with Crippen molar-refractivity contribution in [1.29, 1.82) is 0 Å². The van der Waals surface area contributed by atoms with Gasteiger partial charge < -0.3 is 19.9 Å². The molecule has 0 unspecified atom stereocenters. The average molecular weight is 294 g/mol. The Morgan fingerprint density at radius 1 is 1.30 bits per heavy atom. The number of carbonyl (C=O) groups is 1. The molecule has 112 valence electrons. The number of alkyl halides is 3. The van der Waals surface area contributed by atoms with E-state index in [1.165, 1.54) is 7.11 Å². The average Bonchev–Trinajstić information content (AvgIpc) is 2.38. The van der Waals surface area contributed by atoms with E-state index in [-0.39, 0.29) is 23.7 Å². The fraction of sp³-hybridized carbons (Fsp3) is 0.455. The normalized spacial score (nSPS) is 11.1. The van der Waals surface area contributed by atoms with Crippen molar-refractivity contribution in [2.24, 2.45) is 5.73 Å². The Morgan fingerprint density at radius 3 is 2.40 bits per heavy atom. The summed E-state index contributed by atoms with van der Waals surface area (Å²) in [6.07, 6.45) is -5.39. The Kier molecular flexibility index (Phi) is 5.14. The minimum atomic E-state index is -4.91. The van der Waals surface area contributed by atoms with Gasteiger partial charge in [0, 0.05) is 12.6 Å². The number of hydrogen-bond donors (Lipinski definition) is 1. The van der Waals surface area contributed by atoms with Crippen molar-refractivity contribution in [3.63, 3.8) is 0 Å². The molecule has 0 aromatic carbocycles. The van der Waals surface area contributed by atoms with E-state index in [0.29, 0.717) is 0 Å². The number of esters is 1. The van der Waals surface area contributed by atoms with E-state index in [9.17, 15) is 18.0 Å². The second-order valence-electron chi connectivity index (χ2n) is 3.59. The first-order valence-corrected chi connectivity index (χ1v) is 5.40. The predicted molar refractivity (Wildman–Crippen MR) is 61.1 cm³/mol. The van der Waals surface area contributed by atoms with E-state index in [2.05, 4.69) is 14.5 Å². The SMILES string of the molecule is COC(=O)Cc1nc(CN)c(OC)cc1OC(F)(F)F. The number of carbonyl (C=O) groups excluding carboxylic acids is 1. The van der Waals surface area contributed by atoms with Crippen LogP contribution in [0.1, 0.15) is 11.4 Å². The van der Waals surface area contributed by atoms with Crippen LogP contribution in [-0.4, -0.2) is 31.5 Å². The van der Waals surface area contributed by atoms with Crippen LogP contribution in [0, 0.1) is 0 Å². The molecule has 0 amide bonds. The van der Waals surface area contributed by atoms with Gasteiger partial charge in [-0.2, -0.15) is 0 Å². The molecule has 0 spiro atoms. The van der Waals surface area contributed by atoms with Crippen molar-refractivity contribution in [3.8, 4) is 11.5 Å². The fourth-order valence-electron chi connectivity index (χ4n) is 1.43. The van der Waals surface area contributed by atoms with Gasteiger partial charge >= 0.3 is 12.3 Å². The molecule has 20 heavy (non-hydrogen) atoms. The number of rotatable bonds is 5. The molecule has 1 heterocycles. The quantitative estimate of drug-likeness (QED) is 0.820. The third kappa shape index (κ3) is 4.26. The summed E-state index contributed by atoms with van der Waals surface area (Å²) in [5, 5.41) is 0. The van der Waals surface area contributed by atoms with Crippen LogP contribution in [0.2, 0.25) is 0 Å². The molecule has 0 radical (unpaired) electrons. The highest BCUT2D eigenvalue weighted by atomic mass is 19.4. The summed E-state index contributed by atoms with van der Waals surface area (Å²) in [4.78, 5) is 15.0. The Morgan fingerprint density at radius 2 is 1.95 bits per heavy atom. The monoisotopic (exact) mass is 294 g/mol. The van der Waals surface area contributed by atoms with Crippen LogP contribution in [0.5, 0.6) is 11.5 Å². The number of halogens is 3. The summed E-state index contributed by atoms with van der Waals surface area (Å²) in [5.41, 5.74) is 5.40. The molecule has 0 aliphatic heterocycles. The first-order valence-electron chi connectivity index (χ1n) is 5.40. The second kappa shape index (κ2) is 6.42. The van der Waals surface area contributed by atoms with Crippen molar-refractivity contribution >= 4 is 5.97 Å². The summed E-state index contributed by atoms with van der Waals surface area (Å²) in [6.45, 7) is -0.0658. The van der Waals surface area contributed by atoms with Gasteiger partial charge in [-0.3, -0.25) is 4.79 Å². The van der Waals surface area contributed by atoms with Gasteiger partial charge in [0.05, 0.1) is 32.0 Å². The lowest BCUT2D eigenvalue weighted by atomic mass is 10.2. The zero-order valence-corrected chi connectivity index (χ0v) is 10.8. The lowest BCUT2D eigenvalue weighted by molar-refractivity contribution is -0.275. The number of nitrogens with two attached hydrogens (primary N) is 1. The second-order valence-corrected chi connectivity index (χ2v) is 3.59. The Balaban J connectivity index is 3.25. The summed E-state index contributed by atoms with van der Waals surface area (Å²) in [6, 6.07) is 0.987. The molecule has 0 bridgehead atoms. The van der Waals surface area contributed by atoms with Crippen LogP contribution in [0.25, 0.3) is 0 Å². The molecule has 0 fully saturated rings. The Hall–Kier alpha value is -2.03. The van der Waals surface area contributed by atoms with Crippen LogP contribution >= 0.6 is 0 Å². The van der Waals surface area contributed by atoms with E-state index in [1.54, 1.807) is 0 Å². The number of hydrogen-bond acceptors (Lipinski definition) is 6. The first-order chi connectivity index (χ1) is 9.30. The summed E-state index contributed by atoms with van der Waals surface area (Å²) in [7, 11) is 2.37. The van der Waals surface area contributed by atoms with Crippen molar-refractivity contribution in [1.82, 2.24) is 4.98 Å². The van der Waals surface area contributed by atoms with E-state index in [4.69, 9.17) is 10.5 Å². The predicted octanol–water partition coefficient (Wildman–Crippen LogP) is 1.16. The zero-order chi connectivity index (χ0) is 15.3. The maximum atomic E-state index is 12.3. The van der Waals surface area contributed by atoms with Gasteiger partial charge in [0.2, 0.25) is 0 Å². The number of pyridine rings is 1. The lowest BCUT2D eigenvalue weighted by Crippen LogP contribution is -2.20. The first kappa shape index (κ1) is 16.0. The molecule has 2 N–H and O–H groups in total. The van der Waals surface area contributed by atoms with Gasteiger partial charge in [-0.25, -0.2) is 4.98 Å². The largest absolute Gasteiger partial charge is 0.573 e. The van der Waals surface area contributed by atoms with Crippen molar-refractivity contribution in [2.75, 3.05) is 14.2 Å². The van der Waals surface area contributed by atoms with E-state index < -0.39 is 24.5 Å². The lowest BCUT2D eigenvalue weighted by Gasteiger charge is -2.15. The maximum absolute atomic E-state index is 12.3. The number of methoxy groups -OCH3 is 2. The minimum absolute atomic E-state index is 0.0420. The summed E-state index contributed by atoms with van der Waals surface area (Å²) < 4.78 is 50.1. The summed E-state index contributed by atoms with van der Waals surface area (Å²) >= 11 is 0. The third-order valence-corrected chi connectivity index (χ3v) is 2.28. The van der Waals surface area contributed by atoms with Crippen molar-refractivity contribution < 1.29 is 32.2 Å². The molecular formula is C11H13F3N2O4. The minimum Gasteiger partial charge on any atom is -0.495 e. The highest BCUT2D eigenvalue weighted by Crippen LogP contribution is 2.31. The van der Waals surface area contributed by atoms with E-state index >= 15 is 0 Å². The highest BCUT2D eigenvalue weighted by Gasteiger charge is 2.33. The van der Waals surface area contributed by atoms with Crippen LogP contribution in [0.15, 0.2) is 6.07 Å². The molecule has 9 heteroatoms. The van der Waals surface area contributed by atoms with Crippen LogP contribution in [-0.2, 0) is 22.5 Å².